The van der Waals surface area contributed by atoms with Gasteiger partial charge in [-0.1, -0.05) is 23.7 Å². The normalized spacial score (nSPS) is 14.5. The summed E-state index contributed by atoms with van der Waals surface area (Å²) in [4.78, 5) is 0. The van der Waals surface area contributed by atoms with E-state index in [2.05, 4.69) is 18.3 Å². The van der Waals surface area contributed by atoms with E-state index in [1.54, 1.807) is 7.11 Å². The van der Waals surface area contributed by atoms with E-state index in [0.717, 1.165) is 17.1 Å². The van der Waals surface area contributed by atoms with Gasteiger partial charge in [-0.25, -0.2) is 0 Å². The molecule has 18 heavy (non-hydrogen) atoms. The molecule has 0 aliphatic rings. The van der Waals surface area contributed by atoms with Gasteiger partial charge in [-0.15, -0.1) is 0 Å². The number of aryl methyl sites for hydroxylation is 1. The molecule has 0 bridgehead atoms. The molecule has 2 N–H and O–H groups in total. The zero-order chi connectivity index (χ0) is 13.6. The van der Waals surface area contributed by atoms with Gasteiger partial charge in [0.15, 0.2) is 0 Å². The largest absolute Gasteiger partial charge is 0.396 e. The van der Waals surface area contributed by atoms with Gasteiger partial charge in [-0.2, -0.15) is 0 Å². The van der Waals surface area contributed by atoms with E-state index in [1.165, 1.54) is 5.56 Å². The third kappa shape index (κ3) is 4.58. The van der Waals surface area contributed by atoms with Crippen LogP contribution in [0.25, 0.3) is 0 Å². The molecule has 0 saturated carbocycles. The Hall–Kier alpha value is -0.610. The summed E-state index contributed by atoms with van der Waals surface area (Å²) in [6, 6.07) is 5.99. The first-order valence-corrected chi connectivity index (χ1v) is 6.48. The van der Waals surface area contributed by atoms with Crippen molar-refractivity contribution in [3.8, 4) is 0 Å². The van der Waals surface area contributed by atoms with Crippen molar-refractivity contribution in [1.29, 1.82) is 0 Å². The maximum absolute atomic E-state index is 9.09. The minimum Gasteiger partial charge on any atom is -0.396 e. The summed E-state index contributed by atoms with van der Waals surface area (Å²) in [5, 5.41) is 13.3. The predicted octanol–water partition coefficient (Wildman–Crippen LogP) is 2.53. The van der Waals surface area contributed by atoms with Crippen LogP contribution in [0, 0.1) is 6.92 Å². The highest BCUT2D eigenvalue weighted by Crippen LogP contribution is 2.17. The fraction of sp³-hybridized carbons (Fsp3) is 0.571. The first-order valence-electron chi connectivity index (χ1n) is 6.10. The van der Waals surface area contributed by atoms with Crippen molar-refractivity contribution in [1.82, 2.24) is 5.32 Å². The molecule has 102 valence electrons. The molecule has 0 heterocycles. The van der Waals surface area contributed by atoms with Crippen LogP contribution in [-0.4, -0.2) is 31.0 Å². The molecular weight excluding hydrogens is 250 g/mol. The molecule has 1 rings (SSSR count). The second-order valence-corrected chi connectivity index (χ2v) is 5.31. The number of aliphatic hydroxyl groups is 1. The fourth-order valence-electron chi connectivity index (χ4n) is 1.91. The lowest BCUT2D eigenvalue weighted by molar-refractivity contribution is 0.0969. The van der Waals surface area contributed by atoms with Gasteiger partial charge in [0.2, 0.25) is 0 Å². The van der Waals surface area contributed by atoms with Crippen LogP contribution in [0.3, 0.4) is 0 Å². The van der Waals surface area contributed by atoms with E-state index < -0.39 is 0 Å². The van der Waals surface area contributed by atoms with Crippen LogP contribution in [0.5, 0.6) is 0 Å². The van der Waals surface area contributed by atoms with Crippen molar-refractivity contribution >= 4 is 11.6 Å². The van der Waals surface area contributed by atoms with Gasteiger partial charge in [-0.3, -0.25) is 0 Å². The highest BCUT2D eigenvalue weighted by atomic mass is 35.5. The molecule has 0 radical (unpaired) electrons. The molecule has 0 aromatic heterocycles. The smallest absolute Gasteiger partial charge is 0.0642 e. The van der Waals surface area contributed by atoms with E-state index in [9.17, 15) is 0 Å². The second-order valence-electron chi connectivity index (χ2n) is 4.90. The lowest BCUT2D eigenvalue weighted by atomic mass is 9.98. The number of halogens is 1. The third-order valence-electron chi connectivity index (χ3n) is 3.07. The molecule has 3 nitrogen and oxygen atoms in total. The number of aliphatic hydroxyl groups excluding tert-OH is 1. The van der Waals surface area contributed by atoms with Gasteiger partial charge in [0.05, 0.1) is 6.61 Å². The van der Waals surface area contributed by atoms with E-state index in [-0.39, 0.29) is 12.1 Å². The molecule has 0 spiro atoms. The molecule has 4 heteroatoms. The number of benzene rings is 1. The summed E-state index contributed by atoms with van der Waals surface area (Å²) in [7, 11) is 1.67. The summed E-state index contributed by atoms with van der Waals surface area (Å²) in [6.07, 6.45) is 0.660. The average molecular weight is 272 g/mol. The number of rotatable bonds is 7. The first kappa shape index (κ1) is 15.4. The lowest BCUT2D eigenvalue weighted by Crippen LogP contribution is -2.46. The molecule has 0 amide bonds. The minimum atomic E-state index is -0.211. The summed E-state index contributed by atoms with van der Waals surface area (Å²) < 4.78 is 5.20. The maximum atomic E-state index is 9.09. The van der Waals surface area contributed by atoms with Crippen molar-refractivity contribution in [2.24, 2.45) is 0 Å². The summed E-state index contributed by atoms with van der Waals surface area (Å²) >= 11 is 6.00. The molecule has 1 atom stereocenters. The van der Waals surface area contributed by atoms with Crippen molar-refractivity contribution in [2.75, 3.05) is 20.3 Å². The van der Waals surface area contributed by atoms with Crippen LogP contribution in [0.1, 0.15) is 24.5 Å². The van der Waals surface area contributed by atoms with Crippen molar-refractivity contribution in [3.05, 3.63) is 34.3 Å². The van der Waals surface area contributed by atoms with Gasteiger partial charge in [0.1, 0.15) is 0 Å². The molecule has 1 unspecified atom stereocenters. The second kappa shape index (κ2) is 7.10. The van der Waals surface area contributed by atoms with Crippen molar-refractivity contribution in [2.45, 2.75) is 32.4 Å². The fourth-order valence-corrected chi connectivity index (χ4v) is 2.03. The van der Waals surface area contributed by atoms with Crippen LogP contribution in [0.2, 0.25) is 5.02 Å². The zero-order valence-corrected chi connectivity index (χ0v) is 12.0. The molecule has 1 aromatic rings. The lowest BCUT2D eigenvalue weighted by Gasteiger charge is -2.29. The Morgan fingerprint density at radius 2 is 2.17 bits per heavy atom. The topological polar surface area (TPSA) is 41.5 Å². The quantitative estimate of drug-likeness (QED) is 0.801. The Bertz CT molecular complexity index is 376. The van der Waals surface area contributed by atoms with Crippen LogP contribution in [-0.2, 0) is 11.3 Å². The predicted molar refractivity (Wildman–Crippen MR) is 75.0 cm³/mol. The Balaban J connectivity index is 2.63. The Morgan fingerprint density at radius 1 is 1.44 bits per heavy atom. The Labute approximate surface area is 114 Å². The minimum absolute atomic E-state index is 0.145. The Kier molecular flexibility index (Phi) is 6.09. The number of hydrogen-bond donors (Lipinski definition) is 2. The van der Waals surface area contributed by atoms with Gasteiger partial charge in [0.25, 0.3) is 0 Å². The molecule has 0 saturated heterocycles. The van der Waals surface area contributed by atoms with Crippen LogP contribution in [0.15, 0.2) is 18.2 Å². The monoisotopic (exact) mass is 271 g/mol. The summed E-state index contributed by atoms with van der Waals surface area (Å²) in [5.74, 6) is 0. The van der Waals surface area contributed by atoms with Gasteiger partial charge in [-0.05, 0) is 37.5 Å². The molecule has 0 aliphatic carbocycles. The standard InChI is InChI=1S/C14H22ClNO2/c1-11-8-12(4-5-13(11)15)9-16-14(2,6-7-17)10-18-3/h4-5,8,16-17H,6-7,9-10H2,1-3H3. The highest BCUT2D eigenvalue weighted by Gasteiger charge is 2.22. The van der Waals surface area contributed by atoms with E-state index in [0.29, 0.717) is 13.0 Å². The molecule has 1 aromatic carbocycles. The first-order chi connectivity index (χ1) is 8.50. The Morgan fingerprint density at radius 3 is 2.72 bits per heavy atom. The van der Waals surface area contributed by atoms with Crippen molar-refractivity contribution in [3.63, 3.8) is 0 Å². The van der Waals surface area contributed by atoms with Crippen LogP contribution in [0.4, 0.5) is 0 Å². The SMILES string of the molecule is COCC(C)(CCO)NCc1ccc(Cl)c(C)c1. The van der Waals surface area contributed by atoms with Crippen LogP contribution >= 0.6 is 11.6 Å². The zero-order valence-electron chi connectivity index (χ0n) is 11.3. The number of hydrogen-bond acceptors (Lipinski definition) is 3. The van der Waals surface area contributed by atoms with Gasteiger partial charge < -0.3 is 15.2 Å². The van der Waals surface area contributed by atoms with E-state index in [4.69, 9.17) is 21.4 Å². The van der Waals surface area contributed by atoms with Crippen molar-refractivity contribution < 1.29 is 9.84 Å². The number of methoxy groups -OCH3 is 1. The summed E-state index contributed by atoms with van der Waals surface area (Å²) in [6.45, 7) is 5.49. The molecule has 0 aliphatic heterocycles. The van der Waals surface area contributed by atoms with Gasteiger partial charge in [0, 0.05) is 30.8 Å². The van der Waals surface area contributed by atoms with E-state index >= 15 is 0 Å². The highest BCUT2D eigenvalue weighted by molar-refractivity contribution is 6.31. The number of nitrogens with one attached hydrogen (secondary N) is 1. The molecular formula is C14H22ClNO2. The van der Waals surface area contributed by atoms with Gasteiger partial charge >= 0.3 is 0 Å². The summed E-state index contributed by atoms with van der Waals surface area (Å²) in [5.41, 5.74) is 2.04. The van der Waals surface area contributed by atoms with E-state index in [1.807, 2.05) is 19.1 Å². The third-order valence-corrected chi connectivity index (χ3v) is 3.49. The molecule has 0 fully saturated rings. The average Bonchev–Trinajstić information content (AvgIpc) is 2.32. The van der Waals surface area contributed by atoms with Crippen LogP contribution < -0.4 is 5.32 Å². The maximum Gasteiger partial charge on any atom is 0.0642 e. The number of ether oxygens (including phenoxy) is 1.